The van der Waals surface area contributed by atoms with E-state index in [1.165, 1.54) is 0 Å². The van der Waals surface area contributed by atoms with E-state index in [1.54, 1.807) is 0 Å². The van der Waals surface area contributed by atoms with Crippen molar-refractivity contribution in [1.82, 2.24) is 35.0 Å². The number of tetrazole rings is 1. The number of nitrogens with zero attached hydrogens (tertiary/aromatic N) is 6. The van der Waals surface area contributed by atoms with Crippen molar-refractivity contribution in [3.63, 3.8) is 0 Å². The van der Waals surface area contributed by atoms with E-state index in [0.29, 0.717) is 22.9 Å². The summed E-state index contributed by atoms with van der Waals surface area (Å²) in [6, 6.07) is 5.33. The number of piperazine rings is 1. The minimum atomic E-state index is -0.358. The van der Waals surface area contributed by atoms with E-state index in [4.69, 9.17) is 9.47 Å². The van der Waals surface area contributed by atoms with Crippen molar-refractivity contribution < 1.29 is 9.47 Å². The topological polar surface area (TPSA) is 101 Å². The first kappa shape index (κ1) is 21.8. The van der Waals surface area contributed by atoms with Crippen LogP contribution < -0.4 is 15.0 Å². The maximum atomic E-state index is 13.4. The third-order valence-corrected chi connectivity index (χ3v) is 7.06. The van der Waals surface area contributed by atoms with Gasteiger partial charge in [0.25, 0.3) is 5.56 Å². The lowest BCUT2D eigenvalue weighted by Gasteiger charge is -2.39. The minimum Gasteiger partial charge on any atom is -0.454 e. The standard InChI is InChI=1S/C23H31N7O3/c1-5-23(3,4)30-21(25-26-27-30)20(29-9-7-28(6-2)8-10-29)16-11-15-12-18-19(33-14-32-18)13-17(15)24-22(16)31/h11-13,20H,5-10,14H2,1-4H3,(H,24,31)/t20-/m1/s1. The molecule has 0 spiro atoms. The summed E-state index contributed by atoms with van der Waals surface area (Å²) >= 11 is 0. The molecule has 176 valence electrons. The highest BCUT2D eigenvalue weighted by molar-refractivity contribution is 5.83. The fourth-order valence-electron chi connectivity index (χ4n) is 4.60. The van der Waals surface area contributed by atoms with Crippen LogP contribution in [0.15, 0.2) is 23.0 Å². The zero-order chi connectivity index (χ0) is 23.2. The van der Waals surface area contributed by atoms with Crippen molar-refractivity contribution in [2.75, 3.05) is 39.5 Å². The lowest BCUT2D eigenvalue weighted by Crippen LogP contribution is -2.49. The lowest BCUT2D eigenvalue weighted by molar-refractivity contribution is 0.105. The number of hydrogen-bond acceptors (Lipinski definition) is 8. The van der Waals surface area contributed by atoms with Gasteiger partial charge in [0, 0.05) is 43.2 Å². The van der Waals surface area contributed by atoms with Crippen LogP contribution >= 0.6 is 0 Å². The Kier molecular flexibility index (Phi) is 5.57. The van der Waals surface area contributed by atoms with Gasteiger partial charge in [0.15, 0.2) is 17.3 Å². The summed E-state index contributed by atoms with van der Waals surface area (Å²) in [6.07, 6.45) is 0.860. The van der Waals surface area contributed by atoms with Crippen LogP contribution in [0.25, 0.3) is 10.9 Å². The number of pyridine rings is 1. The second kappa shape index (κ2) is 8.42. The van der Waals surface area contributed by atoms with Crippen molar-refractivity contribution in [2.45, 2.75) is 45.7 Å². The van der Waals surface area contributed by atoms with E-state index in [2.05, 4.69) is 58.0 Å². The van der Waals surface area contributed by atoms with Crippen LogP contribution in [-0.2, 0) is 5.54 Å². The lowest BCUT2D eigenvalue weighted by atomic mass is 9.98. The molecule has 0 saturated carbocycles. The molecule has 1 atom stereocenters. The number of H-pyrrole nitrogens is 1. The Labute approximate surface area is 192 Å². The van der Waals surface area contributed by atoms with Crippen LogP contribution in [0.4, 0.5) is 0 Å². The Morgan fingerprint density at radius 2 is 1.82 bits per heavy atom. The maximum Gasteiger partial charge on any atom is 0.253 e. The second-order valence-corrected chi connectivity index (χ2v) is 9.33. The van der Waals surface area contributed by atoms with Crippen LogP contribution in [0.1, 0.15) is 51.5 Å². The second-order valence-electron chi connectivity index (χ2n) is 9.33. The molecule has 1 N–H and O–H groups in total. The third kappa shape index (κ3) is 3.87. The first-order valence-electron chi connectivity index (χ1n) is 11.6. The molecule has 0 radical (unpaired) electrons. The van der Waals surface area contributed by atoms with Crippen LogP contribution in [0, 0.1) is 0 Å². The molecule has 2 aromatic heterocycles. The zero-order valence-electron chi connectivity index (χ0n) is 19.7. The molecule has 33 heavy (non-hydrogen) atoms. The number of likely N-dealkylation sites (N-methyl/N-ethyl adjacent to an activating group) is 1. The number of rotatable bonds is 6. The van der Waals surface area contributed by atoms with Crippen molar-refractivity contribution in [1.29, 1.82) is 0 Å². The molecule has 10 nitrogen and oxygen atoms in total. The number of aromatic amines is 1. The van der Waals surface area contributed by atoms with Gasteiger partial charge in [-0.25, -0.2) is 4.68 Å². The quantitative estimate of drug-likeness (QED) is 0.606. The molecule has 1 fully saturated rings. The molecule has 0 unspecified atom stereocenters. The van der Waals surface area contributed by atoms with E-state index < -0.39 is 0 Å². The molecule has 0 aliphatic carbocycles. The highest BCUT2D eigenvalue weighted by Gasteiger charge is 2.35. The van der Waals surface area contributed by atoms with Gasteiger partial charge in [-0.1, -0.05) is 13.8 Å². The fraction of sp³-hybridized carbons (Fsp3) is 0.565. The number of aromatic nitrogens is 5. The van der Waals surface area contributed by atoms with Gasteiger partial charge in [-0.2, -0.15) is 0 Å². The van der Waals surface area contributed by atoms with Crippen molar-refractivity contribution in [3.8, 4) is 11.5 Å². The minimum absolute atomic E-state index is 0.145. The smallest absolute Gasteiger partial charge is 0.253 e. The first-order valence-corrected chi connectivity index (χ1v) is 11.6. The van der Waals surface area contributed by atoms with E-state index in [0.717, 1.165) is 50.0 Å². The molecule has 3 aromatic rings. The molecular weight excluding hydrogens is 422 g/mol. The van der Waals surface area contributed by atoms with Gasteiger partial charge in [-0.05, 0) is 49.4 Å². The fourth-order valence-corrected chi connectivity index (χ4v) is 4.60. The van der Waals surface area contributed by atoms with Crippen LogP contribution in [0.2, 0.25) is 0 Å². The van der Waals surface area contributed by atoms with Gasteiger partial charge >= 0.3 is 0 Å². The Balaban J connectivity index is 1.64. The molecule has 5 rings (SSSR count). The van der Waals surface area contributed by atoms with Crippen LogP contribution in [0.3, 0.4) is 0 Å². The number of nitrogens with one attached hydrogen (secondary N) is 1. The van der Waals surface area contributed by atoms with Gasteiger partial charge in [0.2, 0.25) is 6.79 Å². The van der Waals surface area contributed by atoms with Crippen molar-refractivity contribution >= 4 is 10.9 Å². The summed E-state index contributed by atoms with van der Waals surface area (Å²) < 4.78 is 12.9. The van der Waals surface area contributed by atoms with Gasteiger partial charge in [-0.15, -0.1) is 5.10 Å². The monoisotopic (exact) mass is 453 g/mol. The Morgan fingerprint density at radius 1 is 1.09 bits per heavy atom. The number of ether oxygens (including phenoxy) is 2. The molecule has 4 heterocycles. The number of benzene rings is 1. The van der Waals surface area contributed by atoms with Crippen molar-refractivity contribution in [2.24, 2.45) is 0 Å². The predicted octanol–water partition coefficient (Wildman–Crippen LogP) is 2.12. The SMILES string of the molecule is CCN1CCN([C@H](c2cc3cc4c(cc3[nH]c2=O)OCO4)c2nnnn2C(C)(C)CC)CC1. The highest BCUT2D eigenvalue weighted by atomic mass is 16.7. The molecule has 2 aliphatic heterocycles. The van der Waals surface area contributed by atoms with E-state index in [9.17, 15) is 4.79 Å². The van der Waals surface area contributed by atoms with Crippen LogP contribution in [0.5, 0.6) is 11.5 Å². The summed E-state index contributed by atoms with van der Waals surface area (Å²) in [4.78, 5) is 21.2. The van der Waals surface area contributed by atoms with E-state index >= 15 is 0 Å². The summed E-state index contributed by atoms with van der Waals surface area (Å²) in [5, 5.41) is 13.7. The van der Waals surface area contributed by atoms with Crippen molar-refractivity contribution in [3.05, 3.63) is 39.9 Å². The molecule has 1 aromatic carbocycles. The van der Waals surface area contributed by atoms with E-state index in [-0.39, 0.29) is 23.9 Å². The Morgan fingerprint density at radius 3 is 2.52 bits per heavy atom. The average molecular weight is 454 g/mol. The third-order valence-electron chi connectivity index (χ3n) is 7.06. The van der Waals surface area contributed by atoms with Gasteiger partial charge < -0.3 is 19.4 Å². The largest absolute Gasteiger partial charge is 0.454 e. The Bertz CT molecular complexity index is 1210. The molecule has 2 aliphatic rings. The number of hydrogen-bond donors (Lipinski definition) is 1. The summed E-state index contributed by atoms with van der Waals surface area (Å²) in [5.41, 5.74) is 0.927. The molecule has 0 bridgehead atoms. The summed E-state index contributed by atoms with van der Waals surface area (Å²) in [7, 11) is 0. The van der Waals surface area contributed by atoms with Gasteiger partial charge in [0.1, 0.15) is 6.04 Å². The average Bonchev–Trinajstić information content (AvgIpc) is 3.48. The van der Waals surface area contributed by atoms with E-state index in [1.807, 2.05) is 22.9 Å². The first-order chi connectivity index (χ1) is 15.9. The van der Waals surface area contributed by atoms with Crippen LogP contribution in [-0.4, -0.2) is 74.5 Å². The molecular formula is C23H31N7O3. The van der Waals surface area contributed by atoms with Gasteiger partial charge in [-0.3, -0.25) is 9.69 Å². The molecule has 0 amide bonds. The predicted molar refractivity (Wildman–Crippen MR) is 124 cm³/mol. The molecule has 10 heteroatoms. The molecule has 1 saturated heterocycles. The van der Waals surface area contributed by atoms with Gasteiger partial charge in [0.05, 0.1) is 11.1 Å². The normalized spacial score (nSPS) is 18.2. The highest BCUT2D eigenvalue weighted by Crippen LogP contribution is 2.37. The zero-order valence-corrected chi connectivity index (χ0v) is 19.7. The maximum absolute atomic E-state index is 13.4. The summed E-state index contributed by atoms with van der Waals surface area (Å²) in [5.74, 6) is 2.02. The number of fused-ring (bicyclic) bond motifs is 2. The Hall–Kier alpha value is -2.98. The summed E-state index contributed by atoms with van der Waals surface area (Å²) in [6.45, 7) is 13.3.